The van der Waals surface area contributed by atoms with Crippen LogP contribution >= 0.6 is 0 Å². The summed E-state index contributed by atoms with van der Waals surface area (Å²) in [5, 5.41) is 21.3. The minimum Gasteiger partial charge on any atom is -0.396 e. The maximum Gasteiger partial charge on any atom is 0.416 e. The molecular weight excluding hydrogens is 287 g/mol. The van der Waals surface area contributed by atoms with E-state index in [9.17, 15) is 23.1 Å². The lowest BCUT2D eigenvalue weighted by atomic mass is 10.1. The standard InChI is InChI=1S/C14H16F3NO3/c15-14(16,17)10-3-1-2-8(4-10)13(21)18-11-5-9(7-19)12(20)6-11/h1-4,9,11-12,19-20H,5-7H2,(H,18,21)/t9-,11-,12+/m0/s1. The fraction of sp³-hybridized carbons (Fsp3) is 0.500. The summed E-state index contributed by atoms with van der Waals surface area (Å²) < 4.78 is 37.8. The Hall–Kier alpha value is -1.60. The molecule has 116 valence electrons. The molecule has 0 unspecified atom stereocenters. The van der Waals surface area contributed by atoms with Crippen molar-refractivity contribution in [2.75, 3.05) is 6.61 Å². The van der Waals surface area contributed by atoms with E-state index in [1.807, 2.05) is 0 Å². The molecule has 1 saturated carbocycles. The topological polar surface area (TPSA) is 69.6 Å². The Kier molecular flexibility index (Phi) is 4.53. The predicted octanol–water partition coefficient (Wildman–Crippen LogP) is 1.57. The average Bonchev–Trinajstić information content (AvgIpc) is 2.78. The van der Waals surface area contributed by atoms with Crippen molar-refractivity contribution in [2.45, 2.75) is 31.2 Å². The van der Waals surface area contributed by atoms with E-state index < -0.39 is 23.8 Å². The van der Waals surface area contributed by atoms with Gasteiger partial charge in [0.2, 0.25) is 0 Å². The highest BCUT2D eigenvalue weighted by Gasteiger charge is 2.34. The Morgan fingerprint density at radius 3 is 2.62 bits per heavy atom. The molecule has 1 fully saturated rings. The molecule has 1 aromatic carbocycles. The molecule has 0 saturated heterocycles. The third kappa shape index (κ3) is 3.74. The quantitative estimate of drug-likeness (QED) is 0.794. The summed E-state index contributed by atoms with van der Waals surface area (Å²) in [6.07, 6.45) is -4.51. The number of amides is 1. The molecule has 3 N–H and O–H groups in total. The maximum atomic E-state index is 12.6. The van der Waals surface area contributed by atoms with Gasteiger partial charge in [-0.1, -0.05) is 6.07 Å². The van der Waals surface area contributed by atoms with Crippen molar-refractivity contribution in [2.24, 2.45) is 5.92 Å². The van der Waals surface area contributed by atoms with Gasteiger partial charge in [-0.05, 0) is 31.0 Å². The van der Waals surface area contributed by atoms with E-state index in [0.29, 0.717) is 6.42 Å². The van der Waals surface area contributed by atoms with Crippen molar-refractivity contribution < 1.29 is 28.2 Å². The molecule has 0 spiro atoms. The van der Waals surface area contributed by atoms with E-state index in [4.69, 9.17) is 5.11 Å². The zero-order chi connectivity index (χ0) is 15.6. The van der Waals surface area contributed by atoms with Crippen LogP contribution in [-0.4, -0.2) is 34.9 Å². The van der Waals surface area contributed by atoms with E-state index in [1.165, 1.54) is 12.1 Å². The Labute approximate surface area is 119 Å². The average molecular weight is 303 g/mol. The number of aliphatic hydroxyl groups is 2. The first kappa shape index (κ1) is 15.8. The number of rotatable bonds is 3. The first-order valence-electron chi connectivity index (χ1n) is 6.58. The molecule has 1 aromatic rings. The van der Waals surface area contributed by atoms with Gasteiger partial charge < -0.3 is 15.5 Å². The lowest BCUT2D eigenvalue weighted by molar-refractivity contribution is -0.137. The highest BCUT2D eigenvalue weighted by molar-refractivity contribution is 5.94. The molecule has 0 bridgehead atoms. The molecule has 7 heteroatoms. The summed E-state index contributed by atoms with van der Waals surface area (Å²) in [4.78, 5) is 12.0. The van der Waals surface area contributed by atoms with Crippen LogP contribution in [0.1, 0.15) is 28.8 Å². The van der Waals surface area contributed by atoms with Crippen LogP contribution < -0.4 is 5.32 Å². The van der Waals surface area contributed by atoms with Crippen LogP contribution in [0.25, 0.3) is 0 Å². The summed E-state index contributed by atoms with van der Waals surface area (Å²) in [6.45, 7) is -0.183. The van der Waals surface area contributed by atoms with E-state index in [0.717, 1.165) is 12.1 Å². The monoisotopic (exact) mass is 303 g/mol. The summed E-state index contributed by atoms with van der Waals surface area (Å²) in [7, 11) is 0. The number of hydrogen-bond acceptors (Lipinski definition) is 3. The van der Waals surface area contributed by atoms with Crippen molar-refractivity contribution >= 4 is 5.91 Å². The molecule has 3 atom stereocenters. The first-order valence-corrected chi connectivity index (χ1v) is 6.58. The van der Waals surface area contributed by atoms with Gasteiger partial charge in [-0.2, -0.15) is 13.2 Å². The summed E-state index contributed by atoms with van der Waals surface area (Å²) >= 11 is 0. The Morgan fingerprint density at radius 2 is 2.05 bits per heavy atom. The fourth-order valence-electron chi connectivity index (χ4n) is 2.52. The molecule has 1 aliphatic carbocycles. The Morgan fingerprint density at radius 1 is 1.33 bits per heavy atom. The predicted molar refractivity (Wildman–Crippen MR) is 68.5 cm³/mol. The highest BCUT2D eigenvalue weighted by atomic mass is 19.4. The molecule has 1 amide bonds. The second-order valence-corrected chi connectivity index (χ2v) is 5.23. The van der Waals surface area contributed by atoms with Crippen LogP contribution in [0.4, 0.5) is 13.2 Å². The van der Waals surface area contributed by atoms with Gasteiger partial charge >= 0.3 is 6.18 Å². The zero-order valence-corrected chi connectivity index (χ0v) is 11.1. The van der Waals surface area contributed by atoms with E-state index in [1.54, 1.807) is 0 Å². The van der Waals surface area contributed by atoms with Crippen LogP contribution in [0.5, 0.6) is 0 Å². The molecule has 0 radical (unpaired) electrons. The molecule has 0 aliphatic heterocycles. The number of hydrogen-bond donors (Lipinski definition) is 3. The number of carbonyl (C=O) groups is 1. The number of carbonyl (C=O) groups excluding carboxylic acids is 1. The van der Waals surface area contributed by atoms with Gasteiger partial charge in [-0.25, -0.2) is 0 Å². The summed E-state index contributed by atoms with van der Waals surface area (Å²) in [6, 6.07) is 3.83. The van der Waals surface area contributed by atoms with Gasteiger partial charge in [-0.3, -0.25) is 4.79 Å². The minimum absolute atomic E-state index is 0.0771. The van der Waals surface area contributed by atoms with Crippen LogP contribution in [0.15, 0.2) is 24.3 Å². The second kappa shape index (κ2) is 6.03. The Balaban J connectivity index is 2.05. The number of nitrogens with one attached hydrogen (secondary N) is 1. The lowest BCUT2D eigenvalue weighted by Gasteiger charge is -2.13. The normalized spacial score (nSPS) is 25.9. The van der Waals surface area contributed by atoms with E-state index >= 15 is 0 Å². The third-order valence-electron chi connectivity index (χ3n) is 3.68. The molecule has 2 rings (SSSR count). The van der Waals surface area contributed by atoms with Crippen molar-refractivity contribution in [3.05, 3.63) is 35.4 Å². The van der Waals surface area contributed by atoms with Crippen molar-refractivity contribution in [1.82, 2.24) is 5.32 Å². The molecule has 21 heavy (non-hydrogen) atoms. The van der Waals surface area contributed by atoms with E-state index in [-0.39, 0.29) is 30.6 Å². The van der Waals surface area contributed by atoms with Crippen molar-refractivity contribution in [3.8, 4) is 0 Å². The molecule has 1 aliphatic rings. The number of alkyl halides is 3. The lowest BCUT2D eigenvalue weighted by Crippen LogP contribution is -2.33. The summed E-state index contributed by atoms with van der Waals surface area (Å²) in [5.41, 5.74) is -0.957. The van der Waals surface area contributed by atoms with Gasteiger partial charge in [0, 0.05) is 24.1 Å². The van der Waals surface area contributed by atoms with Crippen LogP contribution in [0.3, 0.4) is 0 Å². The number of benzene rings is 1. The maximum absolute atomic E-state index is 12.6. The summed E-state index contributed by atoms with van der Waals surface area (Å²) in [5.74, 6) is -0.923. The largest absolute Gasteiger partial charge is 0.416 e. The number of aliphatic hydroxyl groups excluding tert-OH is 2. The highest BCUT2D eigenvalue weighted by Crippen LogP contribution is 2.30. The smallest absolute Gasteiger partial charge is 0.396 e. The SMILES string of the molecule is O=C(N[C@H]1C[C@@H](CO)[C@H](O)C1)c1cccc(C(F)(F)F)c1. The fourth-order valence-corrected chi connectivity index (χ4v) is 2.52. The minimum atomic E-state index is -4.50. The molecular formula is C14H16F3NO3. The third-order valence-corrected chi connectivity index (χ3v) is 3.68. The Bertz CT molecular complexity index is 518. The zero-order valence-electron chi connectivity index (χ0n) is 11.1. The molecule has 0 aromatic heterocycles. The second-order valence-electron chi connectivity index (χ2n) is 5.23. The van der Waals surface area contributed by atoms with Gasteiger partial charge in [-0.15, -0.1) is 0 Å². The van der Waals surface area contributed by atoms with Crippen molar-refractivity contribution in [1.29, 1.82) is 0 Å². The number of halogens is 3. The van der Waals surface area contributed by atoms with Crippen LogP contribution in [-0.2, 0) is 6.18 Å². The van der Waals surface area contributed by atoms with Crippen LogP contribution in [0.2, 0.25) is 0 Å². The molecule has 4 nitrogen and oxygen atoms in total. The van der Waals surface area contributed by atoms with Crippen molar-refractivity contribution in [3.63, 3.8) is 0 Å². The van der Waals surface area contributed by atoms with E-state index in [2.05, 4.69) is 5.32 Å². The van der Waals surface area contributed by atoms with Gasteiger partial charge in [0.05, 0.1) is 11.7 Å². The molecule has 0 heterocycles. The van der Waals surface area contributed by atoms with Gasteiger partial charge in [0.15, 0.2) is 0 Å². The van der Waals surface area contributed by atoms with Crippen LogP contribution in [0, 0.1) is 5.92 Å². The van der Waals surface area contributed by atoms with Gasteiger partial charge in [0.1, 0.15) is 0 Å². The van der Waals surface area contributed by atoms with Gasteiger partial charge in [0.25, 0.3) is 5.91 Å². The first-order chi connectivity index (χ1) is 9.81.